The Hall–Kier alpha value is -3.25. The average molecular weight is 378 g/mol. The van der Waals surface area contributed by atoms with Crippen molar-refractivity contribution in [2.24, 2.45) is 5.73 Å². The van der Waals surface area contributed by atoms with Crippen LogP contribution in [0, 0.1) is 5.82 Å². The van der Waals surface area contributed by atoms with Gasteiger partial charge in [0.25, 0.3) is 0 Å². The van der Waals surface area contributed by atoms with Gasteiger partial charge in [0.15, 0.2) is 0 Å². The number of rotatable bonds is 7. The molecule has 1 atom stereocenters. The van der Waals surface area contributed by atoms with E-state index in [9.17, 15) is 9.18 Å². The number of aromatic nitrogens is 1. The van der Waals surface area contributed by atoms with Crippen molar-refractivity contribution >= 4 is 17.4 Å². The molecule has 0 radical (unpaired) electrons. The van der Waals surface area contributed by atoms with E-state index in [4.69, 9.17) is 5.73 Å². The highest BCUT2D eigenvalue weighted by Gasteiger charge is 2.10. The number of anilines is 2. The second kappa shape index (κ2) is 9.10. The Balaban J connectivity index is 1.76. The molecule has 1 aromatic heterocycles. The molecule has 144 valence electrons. The van der Waals surface area contributed by atoms with Gasteiger partial charge in [0.1, 0.15) is 11.6 Å². The van der Waals surface area contributed by atoms with Crippen LogP contribution in [0.2, 0.25) is 0 Å². The second-order valence-corrected chi connectivity index (χ2v) is 6.63. The SMILES string of the molecule is CC(=O)Nc1cc(-c2ccc(F)cc2NC[C@@H](N)Cc2ccccc2)ccn1. The molecule has 0 spiro atoms. The summed E-state index contributed by atoms with van der Waals surface area (Å²) in [5.74, 6) is -0.0888. The molecule has 0 aliphatic rings. The van der Waals surface area contributed by atoms with E-state index in [0.717, 1.165) is 23.1 Å². The van der Waals surface area contributed by atoms with Gasteiger partial charge in [-0.05, 0) is 47.9 Å². The summed E-state index contributed by atoms with van der Waals surface area (Å²) < 4.78 is 13.8. The van der Waals surface area contributed by atoms with Crippen molar-refractivity contribution in [1.29, 1.82) is 0 Å². The van der Waals surface area contributed by atoms with E-state index >= 15 is 0 Å². The van der Waals surface area contributed by atoms with E-state index in [1.807, 2.05) is 36.4 Å². The van der Waals surface area contributed by atoms with Gasteiger partial charge in [-0.25, -0.2) is 9.37 Å². The van der Waals surface area contributed by atoms with Crippen molar-refractivity contribution < 1.29 is 9.18 Å². The van der Waals surface area contributed by atoms with Crippen LogP contribution in [0.5, 0.6) is 0 Å². The van der Waals surface area contributed by atoms with Crippen molar-refractivity contribution in [2.75, 3.05) is 17.2 Å². The molecule has 0 saturated carbocycles. The summed E-state index contributed by atoms with van der Waals surface area (Å²) in [5.41, 5.74) is 9.67. The molecule has 4 N–H and O–H groups in total. The highest BCUT2D eigenvalue weighted by Crippen LogP contribution is 2.30. The summed E-state index contributed by atoms with van der Waals surface area (Å²) in [6, 6.07) is 18.0. The van der Waals surface area contributed by atoms with E-state index in [2.05, 4.69) is 15.6 Å². The van der Waals surface area contributed by atoms with Crippen molar-refractivity contribution in [2.45, 2.75) is 19.4 Å². The van der Waals surface area contributed by atoms with Gasteiger partial charge >= 0.3 is 0 Å². The highest BCUT2D eigenvalue weighted by molar-refractivity contribution is 5.89. The molecule has 5 nitrogen and oxygen atoms in total. The van der Waals surface area contributed by atoms with Gasteiger partial charge in [-0.15, -0.1) is 0 Å². The predicted octanol–water partition coefficient (Wildman–Crippen LogP) is 3.83. The molecule has 28 heavy (non-hydrogen) atoms. The topological polar surface area (TPSA) is 80.0 Å². The van der Waals surface area contributed by atoms with E-state index < -0.39 is 0 Å². The summed E-state index contributed by atoms with van der Waals surface area (Å²) >= 11 is 0. The fourth-order valence-corrected chi connectivity index (χ4v) is 2.99. The van der Waals surface area contributed by atoms with Crippen LogP contribution < -0.4 is 16.4 Å². The lowest BCUT2D eigenvalue weighted by atomic mass is 10.0. The molecule has 3 rings (SSSR count). The summed E-state index contributed by atoms with van der Waals surface area (Å²) in [4.78, 5) is 15.4. The van der Waals surface area contributed by atoms with Crippen LogP contribution in [-0.4, -0.2) is 23.5 Å². The van der Waals surface area contributed by atoms with Crippen LogP contribution in [0.3, 0.4) is 0 Å². The van der Waals surface area contributed by atoms with Crippen molar-refractivity contribution in [1.82, 2.24) is 4.98 Å². The molecule has 2 aromatic carbocycles. The Labute approximate surface area is 163 Å². The van der Waals surface area contributed by atoms with Gasteiger partial charge in [-0.2, -0.15) is 0 Å². The first-order valence-electron chi connectivity index (χ1n) is 9.08. The van der Waals surface area contributed by atoms with Crippen LogP contribution in [-0.2, 0) is 11.2 Å². The molecule has 1 amide bonds. The fourth-order valence-electron chi connectivity index (χ4n) is 2.99. The smallest absolute Gasteiger partial charge is 0.222 e. The average Bonchev–Trinajstić information content (AvgIpc) is 2.67. The predicted molar refractivity (Wildman–Crippen MR) is 111 cm³/mol. The van der Waals surface area contributed by atoms with Gasteiger partial charge in [0.05, 0.1) is 0 Å². The van der Waals surface area contributed by atoms with Crippen LogP contribution in [0.15, 0.2) is 66.9 Å². The number of hydrogen-bond acceptors (Lipinski definition) is 4. The molecule has 6 heteroatoms. The first-order chi connectivity index (χ1) is 13.5. The maximum absolute atomic E-state index is 13.8. The zero-order valence-corrected chi connectivity index (χ0v) is 15.7. The Morgan fingerprint density at radius 1 is 1.14 bits per heavy atom. The largest absolute Gasteiger partial charge is 0.383 e. The van der Waals surface area contributed by atoms with Crippen LogP contribution in [0.4, 0.5) is 15.9 Å². The number of halogens is 1. The zero-order chi connectivity index (χ0) is 19.9. The number of amides is 1. The van der Waals surface area contributed by atoms with Gasteiger partial charge in [-0.3, -0.25) is 4.79 Å². The quantitative estimate of drug-likeness (QED) is 0.584. The number of hydrogen-bond donors (Lipinski definition) is 3. The van der Waals surface area contributed by atoms with Gasteiger partial charge in [0.2, 0.25) is 5.91 Å². The summed E-state index contributed by atoms with van der Waals surface area (Å²) in [6.45, 7) is 1.92. The minimum Gasteiger partial charge on any atom is -0.383 e. The maximum Gasteiger partial charge on any atom is 0.222 e. The summed E-state index contributed by atoms with van der Waals surface area (Å²) in [5, 5.41) is 5.92. The molecule has 0 fully saturated rings. The summed E-state index contributed by atoms with van der Waals surface area (Å²) in [6.07, 6.45) is 2.33. The minimum atomic E-state index is -0.334. The Bertz CT molecular complexity index is 946. The van der Waals surface area contributed by atoms with Crippen molar-refractivity contribution in [3.8, 4) is 11.1 Å². The standard InChI is InChI=1S/C22H23FN4O/c1-15(28)27-22-12-17(9-10-25-22)20-8-7-18(23)13-21(20)26-14-19(24)11-16-5-3-2-4-6-16/h2-10,12-13,19,26H,11,14,24H2,1H3,(H,25,27,28)/t19-/m0/s1. The lowest BCUT2D eigenvalue weighted by molar-refractivity contribution is -0.114. The molecule has 1 heterocycles. The number of pyridine rings is 1. The Morgan fingerprint density at radius 2 is 1.93 bits per heavy atom. The molecule has 3 aromatic rings. The molecule has 0 aliphatic heterocycles. The van der Waals surface area contributed by atoms with Gasteiger partial charge in [-0.1, -0.05) is 30.3 Å². The van der Waals surface area contributed by atoms with E-state index in [-0.39, 0.29) is 17.8 Å². The third-order valence-corrected chi connectivity index (χ3v) is 4.25. The van der Waals surface area contributed by atoms with E-state index in [1.54, 1.807) is 18.3 Å². The normalized spacial score (nSPS) is 11.7. The van der Waals surface area contributed by atoms with Crippen molar-refractivity contribution in [3.05, 3.63) is 78.2 Å². The molecular formula is C22H23FN4O. The molecule has 0 aliphatic carbocycles. The Kier molecular flexibility index (Phi) is 6.34. The number of carbonyl (C=O) groups is 1. The second-order valence-electron chi connectivity index (χ2n) is 6.63. The first-order valence-corrected chi connectivity index (χ1v) is 9.08. The zero-order valence-electron chi connectivity index (χ0n) is 15.7. The van der Waals surface area contributed by atoms with Crippen LogP contribution >= 0.6 is 0 Å². The third-order valence-electron chi connectivity index (χ3n) is 4.25. The minimum absolute atomic E-state index is 0.120. The van der Waals surface area contributed by atoms with Gasteiger partial charge < -0.3 is 16.4 Å². The molecular weight excluding hydrogens is 355 g/mol. The number of benzene rings is 2. The lowest BCUT2D eigenvalue weighted by Crippen LogP contribution is -2.31. The van der Waals surface area contributed by atoms with E-state index in [1.165, 1.54) is 19.1 Å². The molecule has 0 bridgehead atoms. The number of nitrogens with one attached hydrogen (secondary N) is 2. The number of nitrogens with zero attached hydrogens (tertiary/aromatic N) is 1. The Morgan fingerprint density at radius 3 is 2.68 bits per heavy atom. The fraction of sp³-hybridized carbons (Fsp3) is 0.182. The maximum atomic E-state index is 13.8. The van der Waals surface area contributed by atoms with Gasteiger partial charge in [0, 0.05) is 37.0 Å². The highest BCUT2D eigenvalue weighted by atomic mass is 19.1. The van der Waals surface area contributed by atoms with E-state index in [0.29, 0.717) is 18.1 Å². The van der Waals surface area contributed by atoms with Crippen molar-refractivity contribution in [3.63, 3.8) is 0 Å². The number of carbonyl (C=O) groups excluding carboxylic acids is 1. The third kappa shape index (κ3) is 5.37. The number of nitrogens with two attached hydrogens (primary N) is 1. The molecule has 0 unspecified atom stereocenters. The van der Waals surface area contributed by atoms with Crippen LogP contribution in [0.25, 0.3) is 11.1 Å². The first kappa shape index (κ1) is 19.5. The van der Waals surface area contributed by atoms with Crippen LogP contribution in [0.1, 0.15) is 12.5 Å². The summed E-state index contributed by atoms with van der Waals surface area (Å²) in [7, 11) is 0. The molecule has 0 saturated heterocycles. The monoisotopic (exact) mass is 378 g/mol. The lowest BCUT2D eigenvalue weighted by Gasteiger charge is -2.17.